The van der Waals surface area contributed by atoms with Crippen LogP contribution in [0.2, 0.25) is 0 Å². The van der Waals surface area contributed by atoms with Gasteiger partial charge in [-0.2, -0.15) is 5.10 Å². The van der Waals surface area contributed by atoms with Gasteiger partial charge in [0.2, 0.25) is 0 Å². The summed E-state index contributed by atoms with van der Waals surface area (Å²) in [5.41, 5.74) is 1.13. The molecule has 0 atom stereocenters. The van der Waals surface area contributed by atoms with Gasteiger partial charge < -0.3 is 0 Å². The molecule has 1 heterocycles. The Hall–Kier alpha value is -3.12. The van der Waals surface area contributed by atoms with Crippen molar-refractivity contribution >= 4 is 26.6 Å². The highest BCUT2D eigenvalue weighted by Crippen LogP contribution is 2.20. The molecule has 5 nitrogen and oxygen atoms in total. The zero-order valence-electron chi connectivity index (χ0n) is 13.9. The maximum Gasteiger partial charge on any atom is 0.263 e. The lowest BCUT2D eigenvalue weighted by Crippen LogP contribution is -2.13. The largest absolute Gasteiger partial charge is 0.266 e. The third-order valence-electron chi connectivity index (χ3n) is 4.15. The number of anilines is 1. The lowest BCUT2D eigenvalue weighted by atomic mass is 10.0. The van der Waals surface area contributed by atoms with Crippen LogP contribution >= 0.6 is 0 Å². The highest BCUT2D eigenvalue weighted by atomic mass is 32.2. The van der Waals surface area contributed by atoms with Crippen LogP contribution < -0.4 is 4.72 Å². The molecule has 4 rings (SSSR count). The number of benzene rings is 3. The van der Waals surface area contributed by atoms with Crippen LogP contribution in [0.1, 0.15) is 5.56 Å². The molecule has 0 aliphatic carbocycles. The Kier molecular flexibility index (Phi) is 4.18. The van der Waals surface area contributed by atoms with Crippen molar-refractivity contribution in [1.82, 2.24) is 9.78 Å². The van der Waals surface area contributed by atoms with Gasteiger partial charge in [-0.3, -0.25) is 9.40 Å². The summed E-state index contributed by atoms with van der Waals surface area (Å²) in [6.45, 7) is 0.564. The van der Waals surface area contributed by atoms with Gasteiger partial charge in [-0.05, 0) is 28.5 Å². The summed E-state index contributed by atoms with van der Waals surface area (Å²) in [5.74, 6) is 0.300. The molecular formula is C20H17N3O2S. The Morgan fingerprint density at radius 1 is 0.846 bits per heavy atom. The Morgan fingerprint density at radius 2 is 1.58 bits per heavy atom. The van der Waals surface area contributed by atoms with E-state index in [-0.39, 0.29) is 4.90 Å². The molecule has 6 heteroatoms. The molecule has 0 unspecified atom stereocenters. The molecular weight excluding hydrogens is 346 g/mol. The van der Waals surface area contributed by atoms with Crippen molar-refractivity contribution in [1.29, 1.82) is 0 Å². The summed E-state index contributed by atoms with van der Waals surface area (Å²) in [7, 11) is -3.63. The van der Waals surface area contributed by atoms with Crippen LogP contribution in [0.4, 0.5) is 5.82 Å². The summed E-state index contributed by atoms with van der Waals surface area (Å²) in [4.78, 5) is 0.212. The highest BCUT2D eigenvalue weighted by molar-refractivity contribution is 7.92. The minimum atomic E-state index is -3.63. The fourth-order valence-corrected chi connectivity index (χ4v) is 3.92. The van der Waals surface area contributed by atoms with E-state index in [1.54, 1.807) is 47.3 Å². The number of sulfonamides is 1. The van der Waals surface area contributed by atoms with Gasteiger partial charge in [0.15, 0.2) is 5.82 Å². The second-order valence-corrected chi connectivity index (χ2v) is 7.64. The van der Waals surface area contributed by atoms with Crippen molar-refractivity contribution in [3.63, 3.8) is 0 Å². The Bertz CT molecular complexity index is 1150. The minimum Gasteiger partial charge on any atom is -0.266 e. The fourth-order valence-electron chi connectivity index (χ4n) is 2.91. The molecule has 0 aliphatic rings. The molecule has 1 N–H and O–H groups in total. The van der Waals surface area contributed by atoms with Crippen molar-refractivity contribution in [2.75, 3.05) is 4.72 Å². The second kappa shape index (κ2) is 6.65. The van der Waals surface area contributed by atoms with Crippen LogP contribution in [0, 0.1) is 0 Å². The minimum absolute atomic E-state index is 0.212. The van der Waals surface area contributed by atoms with E-state index in [4.69, 9.17) is 0 Å². The van der Waals surface area contributed by atoms with Crippen molar-refractivity contribution < 1.29 is 8.42 Å². The van der Waals surface area contributed by atoms with Crippen LogP contribution in [0.25, 0.3) is 10.8 Å². The standard InChI is InChI=1S/C20H17N3O2S/c24-26(25,18-10-2-1-3-11-18)22-20-13-14-23(21-20)15-17-9-6-8-16-7-4-5-12-19(16)17/h1-14H,15H2,(H,21,22). The van der Waals surface area contributed by atoms with Crippen molar-refractivity contribution in [3.8, 4) is 0 Å². The Balaban J connectivity index is 1.57. The second-order valence-electron chi connectivity index (χ2n) is 5.96. The van der Waals surface area contributed by atoms with Gasteiger partial charge in [-0.25, -0.2) is 8.42 Å². The van der Waals surface area contributed by atoms with Gasteiger partial charge in [0.05, 0.1) is 11.4 Å². The lowest BCUT2D eigenvalue weighted by molar-refractivity contribution is 0.600. The number of fused-ring (bicyclic) bond motifs is 1. The predicted molar refractivity (Wildman–Crippen MR) is 103 cm³/mol. The van der Waals surface area contributed by atoms with E-state index in [1.165, 1.54) is 5.39 Å². The average molecular weight is 363 g/mol. The number of nitrogens with one attached hydrogen (secondary N) is 1. The number of hydrogen-bond acceptors (Lipinski definition) is 3. The zero-order valence-corrected chi connectivity index (χ0v) is 14.7. The molecule has 0 amide bonds. The van der Waals surface area contributed by atoms with E-state index < -0.39 is 10.0 Å². The summed E-state index contributed by atoms with van der Waals surface area (Å²) >= 11 is 0. The van der Waals surface area contributed by atoms with E-state index in [0.29, 0.717) is 12.4 Å². The first-order chi connectivity index (χ1) is 12.6. The molecule has 0 bridgehead atoms. The summed E-state index contributed by atoms with van der Waals surface area (Å²) in [5, 5.41) is 6.68. The normalized spacial score (nSPS) is 11.5. The molecule has 0 saturated heterocycles. The Labute approximate surface area is 152 Å². The van der Waals surface area contributed by atoms with E-state index in [0.717, 1.165) is 10.9 Å². The summed E-state index contributed by atoms with van der Waals surface area (Å²) in [6, 6.07) is 24.2. The van der Waals surface area contributed by atoms with Gasteiger partial charge in [-0.15, -0.1) is 0 Å². The number of aromatic nitrogens is 2. The summed E-state index contributed by atoms with van der Waals surface area (Å²) in [6.07, 6.45) is 1.77. The number of rotatable bonds is 5. The summed E-state index contributed by atoms with van der Waals surface area (Å²) < 4.78 is 29.0. The topological polar surface area (TPSA) is 64.0 Å². The smallest absolute Gasteiger partial charge is 0.263 e. The third-order valence-corrected chi connectivity index (χ3v) is 5.52. The molecule has 0 spiro atoms. The monoisotopic (exact) mass is 363 g/mol. The number of nitrogens with zero attached hydrogens (tertiary/aromatic N) is 2. The van der Waals surface area contributed by atoms with Gasteiger partial charge in [0, 0.05) is 12.3 Å². The molecule has 0 fully saturated rings. The predicted octanol–water partition coefficient (Wildman–Crippen LogP) is 3.89. The van der Waals surface area contributed by atoms with Crippen LogP contribution in [-0.4, -0.2) is 18.2 Å². The fraction of sp³-hybridized carbons (Fsp3) is 0.0500. The molecule has 4 aromatic rings. The van der Waals surface area contributed by atoms with Crippen molar-refractivity contribution in [3.05, 3.63) is 90.6 Å². The highest BCUT2D eigenvalue weighted by Gasteiger charge is 2.15. The third kappa shape index (κ3) is 3.32. The van der Waals surface area contributed by atoms with Gasteiger partial charge in [-0.1, -0.05) is 60.7 Å². The molecule has 0 saturated carbocycles. The quantitative estimate of drug-likeness (QED) is 0.585. The molecule has 0 radical (unpaired) electrons. The maximum absolute atomic E-state index is 12.4. The van der Waals surface area contributed by atoms with Gasteiger partial charge >= 0.3 is 0 Å². The molecule has 3 aromatic carbocycles. The van der Waals surface area contributed by atoms with E-state index in [9.17, 15) is 8.42 Å². The number of hydrogen-bond donors (Lipinski definition) is 1. The molecule has 130 valence electrons. The van der Waals surface area contributed by atoms with Gasteiger partial charge in [0.1, 0.15) is 0 Å². The molecule has 1 aromatic heterocycles. The maximum atomic E-state index is 12.4. The van der Waals surface area contributed by atoms with E-state index >= 15 is 0 Å². The first kappa shape index (κ1) is 16.4. The van der Waals surface area contributed by atoms with E-state index in [1.807, 2.05) is 18.2 Å². The Morgan fingerprint density at radius 3 is 2.42 bits per heavy atom. The van der Waals surface area contributed by atoms with E-state index in [2.05, 4.69) is 34.1 Å². The van der Waals surface area contributed by atoms with Crippen LogP contribution in [-0.2, 0) is 16.6 Å². The zero-order chi connectivity index (χ0) is 18.0. The van der Waals surface area contributed by atoms with Crippen LogP contribution in [0.5, 0.6) is 0 Å². The average Bonchev–Trinajstić information content (AvgIpc) is 3.09. The first-order valence-corrected chi connectivity index (χ1v) is 9.68. The van der Waals surface area contributed by atoms with Crippen molar-refractivity contribution in [2.24, 2.45) is 0 Å². The van der Waals surface area contributed by atoms with Crippen LogP contribution in [0.3, 0.4) is 0 Å². The SMILES string of the molecule is O=S(=O)(Nc1ccn(Cc2cccc3ccccc23)n1)c1ccccc1. The van der Waals surface area contributed by atoms with Crippen LogP contribution in [0.15, 0.2) is 90.0 Å². The van der Waals surface area contributed by atoms with Gasteiger partial charge in [0.25, 0.3) is 10.0 Å². The van der Waals surface area contributed by atoms with Crippen molar-refractivity contribution in [2.45, 2.75) is 11.4 Å². The lowest BCUT2D eigenvalue weighted by Gasteiger charge is -2.07. The molecule has 26 heavy (non-hydrogen) atoms. The first-order valence-electron chi connectivity index (χ1n) is 8.20. The molecule has 0 aliphatic heterocycles.